The van der Waals surface area contributed by atoms with E-state index < -0.39 is 15.4 Å². The van der Waals surface area contributed by atoms with Gasteiger partial charge in [0.2, 0.25) is 0 Å². The van der Waals surface area contributed by atoms with Crippen LogP contribution in [-0.4, -0.2) is 29.4 Å². The van der Waals surface area contributed by atoms with Gasteiger partial charge in [-0.25, -0.2) is 0 Å². The first-order chi connectivity index (χ1) is 13.9. The molecule has 2 atom stereocenters. The largest absolute Gasteiger partial charge is 0.393 e. The van der Waals surface area contributed by atoms with Crippen LogP contribution in [0.25, 0.3) is 0 Å². The molecule has 29 heavy (non-hydrogen) atoms. The maximum atomic E-state index is 11.7. The molecule has 0 heterocycles. The third kappa shape index (κ3) is 19.6. The molecule has 0 fully saturated rings. The second kappa shape index (κ2) is 19.8. The van der Waals surface area contributed by atoms with Crippen LogP contribution in [0.5, 0.6) is 0 Å². The van der Waals surface area contributed by atoms with E-state index in [1.807, 2.05) is 0 Å². The lowest BCUT2D eigenvalue weighted by Crippen LogP contribution is -2.20. The zero-order valence-corrected chi connectivity index (χ0v) is 20.2. The third-order valence-corrected chi connectivity index (χ3v) is 7.30. The van der Waals surface area contributed by atoms with Gasteiger partial charge >= 0.3 is 0 Å². The molecule has 4 nitrogen and oxygen atoms in total. The van der Waals surface area contributed by atoms with E-state index in [0.717, 1.165) is 64.2 Å². The number of hydrogen-bond donors (Lipinski definition) is 2. The quantitative estimate of drug-likeness (QED) is 0.137. The van der Waals surface area contributed by atoms with Crippen LogP contribution in [0, 0.1) is 0 Å². The summed E-state index contributed by atoms with van der Waals surface area (Å²) in [5.41, 5.74) is 0. The Balaban J connectivity index is 3.71. The number of rotatable bonds is 22. The molecule has 0 saturated carbocycles. The molecule has 0 aliphatic carbocycles. The van der Waals surface area contributed by atoms with Crippen LogP contribution in [-0.2, 0) is 10.1 Å². The third-order valence-electron chi connectivity index (χ3n) is 5.99. The van der Waals surface area contributed by atoms with Crippen LogP contribution in [0.15, 0.2) is 0 Å². The molecular weight excluding hydrogens is 384 g/mol. The first-order valence-corrected chi connectivity index (χ1v) is 14.1. The lowest BCUT2D eigenvalue weighted by Gasteiger charge is -2.14. The SMILES string of the molecule is CCCCCCCCCCCCC(CCCCCCCC(O)CCC)S(=O)(=O)O. The van der Waals surface area contributed by atoms with E-state index in [4.69, 9.17) is 0 Å². The molecule has 0 rings (SSSR count). The predicted octanol–water partition coefficient (Wildman–Crippen LogP) is 7.45. The molecule has 0 radical (unpaired) electrons. The van der Waals surface area contributed by atoms with Crippen molar-refractivity contribution >= 4 is 10.1 Å². The van der Waals surface area contributed by atoms with E-state index in [1.54, 1.807) is 0 Å². The lowest BCUT2D eigenvalue weighted by atomic mass is 10.0. The molecule has 0 aromatic rings. The fraction of sp³-hybridized carbons (Fsp3) is 1.00. The second-order valence-corrected chi connectivity index (χ2v) is 10.6. The molecule has 0 bridgehead atoms. The first-order valence-electron chi connectivity index (χ1n) is 12.6. The van der Waals surface area contributed by atoms with Gasteiger partial charge in [-0.05, 0) is 25.7 Å². The fourth-order valence-electron chi connectivity index (χ4n) is 4.06. The van der Waals surface area contributed by atoms with E-state index in [-0.39, 0.29) is 6.10 Å². The summed E-state index contributed by atoms with van der Waals surface area (Å²) in [7, 11) is -3.92. The van der Waals surface area contributed by atoms with Crippen LogP contribution in [0.1, 0.15) is 142 Å². The Morgan fingerprint density at radius 1 is 0.552 bits per heavy atom. The normalized spacial score (nSPS) is 14.2. The molecule has 0 saturated heterocycles. The Morgan fingerprint density at radius 3 is 1.31 bits per heavy atom. The Bertz CT molecular complexity index is 436. The van der Waals surface area contributed by atoms with Crippen LogP contribution < -0.4 is 0 Å². The van der Waals surface area contributed by atoms with E-state index in [2.05, 4.69) is 13.8 Å². The summed E-state index contributed by atoms with van der Waals surface area (Å²) in [4.78, 5) is 0. The van der Waals surface area contributed by atoms with Crippen molar-refractivity contribution in [2.45, 2.75) is 154 Å². The van der Waals surface area contributed by atoms with Crippen molar-refractivity contribution in [1.82, 2.24) is 0 Å². The van der Waals surface area contributed by atoms with Crippen LogP contribution in [0.2, 0.25) is 0 Å². The van der Waals surface area contributed by atoms with Gasteiger partial charge in [0.1, 0.15) is 0 Å². The van der Waals surface area contributed by atoms with E-state index >= 15 is 0 Å². The molecule has 0 aliphatic rings. The van der Waals surface area contributed by atoms with Gasteiger partial charge in [-0.2, -0.15) is 8.42 Å². The van der Waals surface area contributed by atoms with Crippen molar-refractivity contribution in [3.8, 4) is 0 Å². The van der Waals surface area contributed by atoms with E-state index in [1.165, 1.54) is 51.4 Å². The van der Waals surface area contributed by atoms with Crippen LogP contribution in [0.4, 0.5) is 0 Å². The minimum atomic E-state index is -3.92. The lowest BCUT2D eigenvalue weighted by molar-refractivity contribution is 0.150. The highest BCUT2D eigenvalue weighted by molar-refractivity contribution is 7.86. The topological polar surface area (TPSA) is 74.6 Å². The van der Waals surface area contributed by atoms with Gasteiger partial charge < -0.3 is 5.11 Å². The number of unbranched alkanes of at least 4 members (excludes halogenated alkanes) is 13. The Labute approximate surface area is 182 Å². The summed E-state index contributed by atoms with van der Waals surface area (Å²) in [6.45, 7) is 4.33. The fourth-order valence-corrected chi connectivity index (χ4v) is 4.99. The molecule has 2 unspecified atom stereocenters. The summed E-state index contributed by atoms with van der Waals surface area (Å²) in [6.07, 6.45) is 21.2. The standard InChI is InChI=1S/C24H50O4S/c1-3-5-6-7-8-9-10-11-14-17-21-24(29(26,27)28)22-18-15-12-13-16-20-23(25)19-4-2/h23-25H,3-22H2,1-2H3,(H,26,27,28). The van der Waals surface area contributed by atoms with Crippen molar-refractivity contribution in [3.05, 3.63) is 0 Å². The molecule has 2 N–H and O–H groups in total. The van der Waals surface area contributed by atoms with Gasteiger partial charge in [0.15, 0.2) is 0 Å². The minimum absolute atomic E-state index is 0.162. The Morgan fingerprint density at radius 2 is 0.931 bits per heavy atom. The maximum Gasteiger partial charge on any atom is 0.267 e. The van der Waals surface area contributed by atoms with Crippen molar-refractivity contribution in [3.63, 3.8) is 0 Å². The molecule has 0 aromatic heterocycles. The summed E-state index contributed by atoms with van der Waals surface area (Å²) in [5.74, 6) is 0. The summed E-state index contributed by atoms with van der Waals surface area (Å²) in [5, 5.41) is 9.13. The van der Waals surface area contributed by atoms with E-state index in [0.29, 0.717) is 12.8 Å². The van der Waals surface area contributed by atoms with E-state index in [9.17, 15) is 18.1 Å². The predicted molar refractivity (Wildman–Crippen MR) is 125 cm³/mol. The van der Waals surface area contributed by atoms with Gasteiger partial charge in [0.05, 0.1) is 11.4 Å². The molecule has 0 spiro atoms. The van der Waals surface area contributed by atoms with Gasteiger partial charge in [0, 0.05) is 0 Å². The Kier molecular flexibility index (Phi) is 19.7. The highest BCUT2D eigenvalue weighted by Gasteiger charge is 2.21. The minimum Gasteiger partial charge on any atom is -0.393 e. The second-order valence-electron chi connectivity index (χ2n) is 8.90. The molecule has 176 valence electrons. The number of hydrogen-bond acceptors (Lipinski definition) is 3. The smallest absolute Gasteiger partial charge is 0.267 e. The average molecular weight is 435 g/mol. The monoisotopic (exact) mass is 434 g/mol. The van der Waals surface area contributed by atoms with Crippen molar-refractivity contribution in [2.24, 2.45) is 0 Å². The molecule has 0 amide bonds. The van der Waals surface area contributed by atoms with Crippen molar-refractivity contribution in [1.29, 1.82) is 0 Å². The van der Waals surface area contributed by atoms with Crippen LogP contribution in [0.3, 0.4) is 0 Å². The molecule has 0 aromatic carbocycles. The summed E-state index contributed by atoms with van der Waals surface area (Å²) in [6, 6.07) is 0. The number of aliphatic hydroxyl groups excluding tert-OH is 1. The highest BCUT2D eigenvalue weighted by Crippen LogP contribution is 2.19. The summed E-state index contributed by atoms with van der Waals surface area (Å²) < 4.78 is 32.8. The molecular formula is C24H50O4S. The zero-order valence-electron chi connectivity index (χ0n) is 19.4. The summed E-state index contributed by atoms with van der Waals surface area (Å²) >= 11 is 0. The first kappa shape index (κ1) is 28.9. The maximum absolute atomic E-state index is 11.7. The van der Waals surface area contributed by atoms with Crippen LogP contribution >= 0.6 is 0 Å². The van der Waals surface area contributed by atoms with Gasteiger partial charge in [0.25, 0.3) is 10.1 Å². The Hall–Kier alpha value is -0.130. The average Bonchev–Trinajstić information content (AvgIpc) is 2.66. The molecule has 0 aliphatic heterocycles. The molecule has 5 heteroatoms. The highest BCUT2D eigenvalue weighted by atomic mass is 32.2. The van der Waals surface area contributed by atoms with Gasteiger partial charge in [-0.15, -0.1) is 0 Å². The zero-order chi connectivity index (χ0) is 21.8. The van der Waals surface area contributed by atoms with Crippen molar-refractivity contribution < 1.29 is 18.1 Å². The van der Waals surface area contributed by atoms with Gasteiger partial charge in [-0.1, -0.05) is 117 Å². The van der Waals surface area contributed by atoms with Gasteiger partial charge in [-0.3, -0.25) is 4.55 Å². The number of aliphatic hydroxyl groups is 1. The van der Waals surface area contributed by atoms with Crippen molar-refractivity contribution in [2.75, 3.05) is 0 Å².